The molecular formula is C51H32N4S. The van der Waals surface area contributed by atoms with Crippen LogP contribution in [-0.4, -0.2) is 19.5 Å². The zero-order valence-corrected chi connectivity index (χ0v) is 30.8. The van der Waals surface area contributed by atoms with Crippen molar-refractivity contribution >= 4 is 53.3 Å². The van der Waals surface area contributed by atoms with E-state index in [4.69, 9.17) is 17.7 Å². The van der Waals surface area contributed by atoms with Crippen LogP contribution in [0.2, 0.25) is 0 Å². The monoisotopic (exact) mass is 734 g/mol. The molecule has 8 aromatic carbocycles. The van der Waals surface area contributed by atoms with Crippen molar-refractivity contribution in [3.63, 3.8) is 0 Å². The van der Waals surface area contributed by atoms with Crippen LogP contribution in [0.3, 0.4) is 0 Å². The molecule has 0 saturated heterocycles. The number of nitrogens with zero attached hydrogens (tertiary/aromatic N) is 4. The molecule has 56 heavy (non-hydrogen) atoms. The van der Waals surface area contributed by atoms with Crippen LogP contribution >= 0.6 is 11.3 Å². The van der Waals surface area contributed by atoms with Gasteiger partial charge in [0.2, 0.25) is 0 Å². The second kappa shape index (κ2) is 13.3. The van der Waals surface area contributed by atoms with Crippen molar-refractivity contribution in [1.29, 1.82) is 0 Å². The molecule has 0 spiro atoms. The normalized spacial score (nSPS) is 12.1. The Hall–Kier alpha value is -7.21. The summed E-state index contributed by atoms with van der Waals surface area (Å²) in [6.07, 6.45) is 0. The van der Waals surface area contributed by atoms with E-state index >= 15 is 0 Å². The number of hydrogen-bond donors (Lipinski definition) is 0. The molecule has 262 valence electrons. The van der Waals surface area contributed by atoms with Gasteiger partial charge in [-0.1, -0.05) is 164 Å². The van der Waals surface area contributed by atoms with Crippen LogP contribution in [0.4, 0.5) is 0 Å². The first-order valence-electron chi connectivity index (χ1n) is 19.6. The van der Waals surface area contributed by atoms with Crippen molar-refractivity contribution < 1.29 is 2.74 Å². The summed E-state index contributed by atoms with van der Waals surface area (Å²) in [5.74, 6) is 1.71. The molecule has 3 heterocycles. The first-order chi connectivity index (χ1) is 28.6. The average molecular weight is 735 g/mol. The van der Waals surface area contributed by atoms with Gasteiger partial charge in [0.05, 0.1) is 19.5 Å². The van der Waals surface area contributed by atoms with E-state index in [0.29, 0.717) is 29.6 Å². The van der Waals surface area contributed by atoms with Gasteiger partial charge in [-0.05, 0) is 52.6 Å². The molecule has 0 amide bonds. The topological polar surface area (TPSA) is 43.6 Å². The third-order valence-electron chi connectivity index (χ3n) is 10.5. The summed E-state index contributed by atoms with van der Waals surface area (Å²) < 4.78 is 21.5. The Morgan fingerprint density at radius 1 is 0.375 bits per heavy atom. The highest BCUT2D eigenvalue weighted by molar-refractivity contribution is 7.26. The maximum atomic E-state index is 8.40. The molecule has 0 fully saturated rings. The minimum Gasteiger partial charge on any atom is -0.309 e. The van der Waals surface area contributed by atoms with Gasteiger partial charge in [-0.3, -0.25) is 0 Å². The summed E-state index contributed by atoms with van der Waals surface area (Å²) in [5, 5.41) is 4.36. The van der Waals surface area contributed by atoms with E-state index in [1.54, 1.807) is 0 Å². The number of thiophene rings is 1. The molecular weight excluding hydrogens is 701 g/mol. The van der Waals surface area contributed by atoms with Gasteiger partial charge in [0.1, 0.15) is 0 Å². The van der Waals surface area contributed by atoms with Crippen molar-refractivity contribution in [2.45, 2.75) is 0 Å². The second-order valence-electron chi connectivity index (χ2n) is 13.8. The van der Waals surface area contributed by atoms with Gasteiger partial charge in [0.15, 0.2) is 17.5 Å². The van der Waals surface area contributed by atoms with Crippen molar-refractivity contribution in [3.8, 4) is 62.1 Å². The van der Waals surface area contributed by atoms with E-state index in [2.05, 4.69) is 108 Å². The SMILES string of the molecule is [2H]c1ccc2c(c1)c1cc([2H])ccc1n2-c1ccccc1-c1nc(-c2ccccc2)nc(-c2cccc(-c3cccc4c3sc3c(-c5ccccc5)cccc34)c2)n1. The largest absolute Gasteiger partial charge is 0.309 e. The molecule has 0 bridgehead atoms. The van der Waals surface area contributed by atoms with Gasteiger partial charge < -0.3 is 4.57 Å². The van der Waals surface area contributed by atoms with E-state index < -0.39 is 0 Å². The Balaban J connectivity index is 1.09. The number of hydrogen-bond acceptors (Lipinski definition) is 4. The molecule has 3 aromatic heterocycles. The van der Waals surface area contributed by atoms with E-state index in [1.165, 1.54) is 36.9 Å². The van der Waals surface area contributed by atoms with Gasteiger partial charge in [0, 0.05) is 47.6 Å². The third-order valence-corrected chi connectivity index (χ3v) is 11.8. The number of aromatic nitrogens is 4. The van der Waals surface area contributed by atoms with Crippen molar-refractivity contribution in [3.05, 3.63) is 194 Å². The van der Waals surface area contributed by atoms with Crippen LogP contribution in [0.25, 0.3) is 104 Å². The average Bonchev–Trinajstić information content (AvgIpc) is 3.82. The first kappa shape index (κ1) is 30.2. The molecule has 0 atom stereocenters. The lowest BCUT2D eigenvalue weighted by atomic mass is 9.99. The van der Waals surface area contributed by atoms with Gasteiger partial charge in [-0.15, -0.1) is 11.3 Å². The fourth-order valence-electron chi connectivity index (χ4n) is 7.97. The molecule has 0 aliphatic rings. The summed E-state index contributed by atoms with van der Waals surface area (Å²) in [6, 6.07) is 62.8. The molecule has 0 unspecified atom stereocenters. The molecule has 0 radical (unpaired) electrons. The molecule has 0 aliphatic heterocycles. The molecule has 0 aliphatic carbocycles. The van der Waals surface area contributed by atoms with Crippen LogP contribution in [-0.2, 0) is 0 Å². The fourth-order valence-corrected chi connectivity index (χ4v) is 9.34. The lowest BCUT2D eigenvalue weighted by molar-refractivity contribution is 1.06. The lowest BCUT2D eigenvalue weighted by Crippen LogP contribution is -2.03. The maximum absolute atomic E-state index is 8.40. The van der Waals surface area contributed by atoms with Crippen molar-refractivity contribution in [2.24, 2.45) is 0 Å². The van der Waals surface area contributed by atoms with Gasteiger partial charge >= 0.3 is 0 Å². The molecule has 4 nitrogen and oxygen atoms in total. The smallest absolute Gasteiger partial charge is 0.166 e. The maximum Gasteiger partial charge on any atom is 0.166 e. The van der Waals surface area contributed by atoms with E-state index in [-0.39, 0.29) is 0 Å². The standard InChI is InChI=1S/C51H32N4S/c1-3-16-33(17-4-1)37-25-14-27-41-42-28-15-26-38(48(42)56-47(37)41)35-20-13-21-36(32-35)50-52-49(34-18-5-2-6-19-34)53-51(54-50)43-24-9-12-31-46(43)55-44-29-10-7-22-39(44)40-23-8-11-30-45(40)55/h1-32H/i7D,8D. The van der Waals surface area contributed by atoms with Gasteiger partial charge in [0.25, 0.3) is 0 Å². The zero-order chi connectivity index (χ0) is 38.7. The number of benzene rings is 8. The summed E-state index contributed by atoms with van der Waals surface area (Å²) in [4.78, 5) is 15.5. The highest BCUT2D eigenvalue weighted by atomic mass is 32.1. The molecule has 5 heteroatoms. The van der Waals surface area contributed by atoms with Crippen molar-refractivity contribution in [1.82, 2.24) is 19.5 Å². The summed E-state index contributed by atoms with van der Waals surface area (Å²) in [6.45, 7) is 0. The van der Waals surface area contributed by atoms with Crippen LogP contribution in [0.15, 0.2) is 194 Å². The van der Waals surface area contributed by atoms with Crippen LogP contribution in [0, 0.1) is 0 Å². The van der Waals surface area contributed by atoms with E-state index in [1.807, 2.05) is 90.2 Å². The van der Waals surface area contributed by atoms with Gasteiger partial charge in [-0.2, -0.15) is 0 Å². The Morgan fingerprint density at radius 2 is 0.875 bits per heavy atom. The minimum atomic E-state index is 0.424. The number of fused-ring (bicyclic) bond motifs is 6. The van der Waals surface area contributed by atoms with Crippen LogP contribution in [0.5, 0.6) is 0 Å². The van der Waals surface area contributed by atoms with E-state index in [9.17, 15) is 0 Å². The Labute approximate surface area is 330 Å². The Kier molecular flexibility index (Phi) is 7.15. The predicted molar refractivity (Wildman–Crippen MR) is 234 cm³/mol. The summed E-state index contributed by atoms with van der Waals surface area (Å²) >= 11 is 1.84. The number of rotatable bonds is 6. The highest BCUT2D eigenvalue weighted by Gasteiger charge is 2.20. The summed E-state index contributed by atoms with van der Waals surface area (Å²) in [7, 11) is 0. The molecule has 0 saturated carbocycles. The third kappa shape index (κ3) is 5.32. The van der Waals surface area contributed by atoms with E-state index in [0.717, 1.165) is 49.7 Å². The first-order valence-corrected chi connectivity index (χ1v) is 19.4. The van der Waals surface area contributed by atoms with Gasteiger partial charge in [-0.25, -0.2) is 15.0 Å². The van der Waals surface area contributed by atoms with Crippen LogP contribution in [0.1, 0.15) is 2.74 Å². The quantitative estimate of drug-likeness (QED) is 0.171. The fraction of sp³-hybridized carbons (Fsp3) is 0. The van der Waals surface area contributed by atoms with Crippen molar-refractivity contribution in [2.75, 3.05) is 0 Å². The highest BCUT2D eigenvalue weighted by Crippen LogP contribution is 2.44. The second-order valence-corrected chi connectivity index (χ2v) is 14.8. The Bertz CT molecular complexity index is 3310. The molecule has 0 N–H and O–H groups in total. The number of para-hydroxylation sites is 3. The van der Waals surface area contributed by atoms with Crippen LogP contribution < -0.4 is 0 Å². The zero-order valence-electron chi connectivity index (χ0n) is 32.0. The lowest BCUT2D eigenvalue weighted by Gasteiger charge is -2.14. The Morgan fingerprint density at radius 3 is 1.55 bits per heavy atom. The summed E-state index contributed by atoms with van der Waals surface area (Å²) in [5.41, 5.74) is 10.1. The molecule has 11 rings (SSSR count). The predicted octanol–water partition coefficient (Wildman–Crippen LogP) is 13.7. The minimum absolute atomic E-state index is 0.424. The molecule has 11 aromatic rings.